The molecule has 3 rings (SSSR count). The summed E-state index contributed by atoms with van der Waals surface area (Å²) in [6, 6.07) is -1.36. The van der Waals surface area contributed by atoms with Crippen LogP contribution in [0.25, 0.3) is 0 Å². The predicted octanol–water partition coefficient (Wildman–Crippen LogP) is 4.96. The smallest absolute Gasteiger partial charge is 0.310 e. The van der Waals surface area contributed by atoms with Crippen molar-refractivity contribution in [2.24, 2.45) is 17.3 Å². The molecule has 7 nitrogen and oxygen atoms in total. The van der Waals surface area contributed by atoms with Gasteiger partial charge in [0.25, 0.3) is 0 Å². The molecule has 0 radical (unpaired) electrons. The standard InChI is InChI=1S/C30H47BrN2O5S/c1-9-11-12-13-15-38-27(37)21-22-25(35)33(19(3)17-34)24(30(22)16-20(31)23(21)39-30)26(36)32(14-10-2)29(7,8)18-28(4,5)6/h9-10,19-24,34H,1-2,11-18H2,3-8H3/t19-,20?,21-,22+,23-,24?,30?/m1/s1. The number of thioether (sulfide) groups is 1. The van der Waals surface area contributed by atoms with E-state index in [1.54, 1.807) is 29.7 Å². The fourth-order valence-electron chi connectivity index (χ4n) is 7.14. The van der Waals surface area contributed by atoms with Gasteiger partial charge >= 0.3 is 5.97 Å². The first-order chi connectivity index (χ1) is 18.2. The van der Waals surface area contributed by atoms with E-state index in [-0.39, 0.29) is 39.9 Å². The Balaban J connectivity index is 2.01. The van der Waals surface area contributed by atoms with Crippen LogP contribution in [0.3, 0.4) is 0 Å². The first-order valence-corrected chi connectivity index (χ1v) is 15.9. The zero-order valence-corrected chi connectivity index (χ0v) is 26.9. The molecule has 9 heteroatoms. The number of fused-ring (bicyclic) bond motifs is 1. The number of amides is 2. The van der Waals surface area contributed by atoms with E-state index in [1.165, 1.54) is 0 Å². The summed E-state index contributed by atoms with van der Waals surface area (Å²) in [6.07, 6.45) is 7.40. The number of alkyl halides is 1. The van der Waals surface area contributed by atoms with Gasteiger partial charge in [0.2, 0.25) is 11.8 Å². The van der Waals surface area contributed by atoms with Gasteiger partial charge in [0.05, 0.1) is 35.8 Å². The Labute approximate surface area is 247 Å². The number of ether oxygens (including phenoxy) is 1. The number of halogens is 1. The monoisotopic (exact) mass is 626 g/mol. The molecule has 0 aromatic rings. The van der Waals surface area contributed by atoms with Crippen LogP contribution in [0.15, 0.2) is 25.3 Å². The van der Waals surface area contributed by atoms with Crippen LogP contribution in [0.4, 0.5) is 0 Å². The number of esters is 1. The lowest BCUT2D eigenvalue weighted by molar-refractivity contribution is -0.154. The highest BCUT2D eigenvalue weighted by Crippen LogP contribution is 2.68. The number of unbranched alkanes of at least 4 members (excludes halogenated alkanes) is 2. The Morgan fingerprint density at radius 3 is 2.49 bits per heavy atom. The molecule has 0 saturated carbocycles. The maximum atomic E-state index is 14.7. The van der Waals surface area contributed by atoms with E-state index in [1.807, 2.05) is 11.0 Å². The van der Waals surface area contributed by atoms with Crippen LogP contribution < -0.4 is 0 Å². The van der Waals surface area contributed by atoms with E-state index in [2.05, 4.69) is 63.7 Å². The quantitative estimate of drug-likeness (QED) is 0.135. The first kappa shape index (κ1) is 32.2. The lowest BCUT2D eigenvalue weighted by Gasteiger charge is -2.46. The summed E-state index contributed by atoms with van der Waals surface area (Å²) in [5.74, 6) is -2.05. The number of hydrogen-bond donors (Lipinski definition) is 1. The number of allylic oxidation sites excluding steroid dienone is 1. The highest BCUT2D eigenvalue weighted by atomic mass is 79.9. The van der Waals surface area contributed by atoms with Gasteiger partial charge in [-0.25, -0.2) is 0 Å². The second-order valence-electron chi connectivity index (χ2n) is 13.2. The third-order valence-electron chi connectivity index (χ3n) is 8.29. The summed E-state index contributed by atoms with van der Waals surface area (Å²) in [5, 5.41) is 10.0. The molecule has 39 heavy (non-hydrogen) atoms. The number of nitrogens with zero attached hydrogens (tertiary/aromatic N) is 2. The highest BCUT2D eigenvalue weighted by molar-refractivity contribution is 9.09. The zero-order valence-electron chi connectivity index (χ0n) is 24.5. The zero-order chi connectivity index (χ0) is 29.3. The van der Waals surface area contributed by atoms with Crippen LogP contribution in [0.2, 0.25) is 0 Å². The summed E-state index contributed by atoms with van der Waals surface area (Å²) < 4.78 is 4.93. The second-order valence-corrected chi connectivity index (χ2v) is 15.9. The molecule has 0 aliphatic carbocycles. The SMILES string of the molecule is C=CCCCCOC(=O)[C@H]1[C@@H]2SC3(CC2Br)C(C(=O)N(CC=C)C(C)(C)CC(C)(C)C)N([C@H](C)CO)C(=O)[C@H]13. The van der Waals surface area contributed by atoms with E-state index in [4.69, 9.17) is 4.74 Å². The molecule has 1 spiro atoms. The average molecular weight is 628 g/mol. The van der Waals surface area contributed by atoms with Crippen molar-refractivity contribution in [1.29, 1.82) is 0 Å². The fraction of sp³-hybridized carbons (Fsp3) is 0.767. The second kappa shape index (κ2) is 12.3. The van der Waals surface area contributed by atoms with Gasteiger partial charge in [-0.3, -0.25) is 14.4 Å². The van der Waals surface area contributed by atoms with Crippen LogP contribution in [-0.2, 0) is 19.1 Å². The largest absolute Gasteiger partial charge is 0.465 e. The number of hydrogen-bond acceptors (Lipinski definition) is 6. The average Bonchev–Trinajstić information content (AvgIpc) is 3.43. The van der Waals surface area contributed by atoms with Gasteiger partial charge in [-0.2, -0.15) is 0 Å². The third-order valence-corrected chi connectivity index (χ3v) is 11.5. The molecule has 220 valence electrons. The molecule has 7 atom stereocenters. The summed E-state index contributed by atoms with van der Waals surface area (Å²) >= 11 is 5.39. The number of aliphatic hydroxyl groups excluding tert-OH is 1. The molecule has 1 N–H and O–H groups in total. The molecule has 0 aromatic heterocycles. The van der Waals surface area contributed by atoms with Crippen molar-refractivity contribution in [3.05, 3.63) is 25.3 Å². The van der Waals surface area contributed by atoms with Crippen molar-refractivity contribution in [1.82, 2.24) is 9.80 Å². The molecule has 3 aliphatic rings. The van der Waals surface area contributed by atoms with Crippen molar-refractivity contribution in [3.8, 4) is 0 Å². The Hall–Kier alpha value is -1.32. The summed E-state index contributed by atoms with van der Waals surface area (Å²) in [4.78, 5) is 45.7. The van der Waals surface area contributed by atoms with E-state index in [9.17, 15) is 19.5 Å². The van der Waals surface area contributed by atoms with Crippen molar-refractivity contribution in [3.63, 3.8) is 0 Å². The lowest BCUT2D eigenvalue weighted by atomic mass is 9.70. The summed E-state index contributed by atoms with van der Waals surface area (Å²) in [5.41, 5.74) is -0.538. The molecular weight excluding hydrogens is 580 g/mol. The molecule has 2 bridgehead atoms. The van der Waals surface area contributed by atoms with Gasteiger partial charge in [0.1, 0.15) is 6.04 Å². The molecule has 3 heterocycles. The minimum absolute atomic E-state index is 0.0278. The van der Waals surface area contributed by atoms with Crippen LogP contribution in [0.1, 0.15) is 73.6 Å². The number of carbonyl (C=O) groups is 3. The fourth-order valence-corrected chi connectivity index (χ4v) is 10.7. The number of carbonyl (C=O) groups excluding carboxylic acids is 3. The van der Waals surface area contributed by atoms with Gasteiger partial charge in [-0.05, 0) is 58.3 Å². The molecular formula is C30H47BrN2O5S. The minimum Gasteiger partial charge on any atom is -0.465 e. The molecule has 3 unspecified atom stereocenters. The van der Waals surface area contributed by atoms with Crippen LogP contribution in [0, 0.1) is 17.3 Å². The van der Waals surface area contributed by atoms with E-state index < -0.39 is 34.2 Å². The number of rotatable bonds is 13. The first-order valence-electron chi connectivity index (χ1n) is 14.1. The van der Waals surface area contributed by atoms with Crippen LogP contribution in [0.5, 0.6) is 0 Å². The Bertz CT molecular complexity index is 965. The van der Waals surface area contributed by atoms with Gasteiger partial charge < -0.3 is 19.6 Å². The molecule has 3 aliphatic heterocycles. The third kappa shape index (κ3) is 6.15. The normalized spacial score (nSPS) is 30.7. The maximum Gasteiger partial charge on any atom is 0.310 e. The highest BCUT2D eigenvalue weighted by Gasteiger charge is 2.76. The number of aliphatic hydroxyl groups is 1. The van der Waals surface area contributed by atoms with Crippen molar-refractivity contribution >= 4 is 45.5 Å². The Morgan fingerprint density at radius 2 is 1.92 bits per heavy atom. The maximum absolute atomic E-state index is 14.7. The van der Waals surface area contributed by atoms with Gasteiger partial charge in [0, 0.05) is 22.2 Å². The van der Waals surface area contributed by atoms with Crippen molar-refractivity contribution in [2.45, 2.75) is 106 Å². The van der Waals surface area contributed by atoms with Gasteiger partial charge in [-0.15, -0.1) is 24.9 Å². The molecule has 3 saturated heterocycles. The molecule has 0 aromatic carbocycles. The molecule has 2 amide bonds. The predicted molar refractivity (Wildman–Crippen MR) is 161 cm³/mol. The van der Waals surface area contributed by atoms with E-state index >= 15 is 0 Å². The van der Waals surface area contributed by atoms with Crippen LogP contribution in [-0.4, -0.2) is 84.9 Å². The van der Waals surface area contributed by atoms with E-state index in [0.29, 0.717) is 19.6 Å². The van der Waals surface area contributed by atoms with Crippen LogP contribution >= 0.6 is 27.7 Å². The molecule has 3 fully saturated rings. The topological polar surface area (TPSA) is 87.2 Å². The Morgan fingerprint density at radius 1 is 1.26 bits per heavy atom. The summed E-state index contributed by atoms with van der Waals surface area (Å²) in [6.45, 7) is 20.4. The van der Waals surface area contributed by atoms with Crippen molar-refractivity contribution < 1.29 is 24.2 Å². The Kier molecular flexibility index (Phi) is 10.1. The number of likely N-dealkylation sites (tertiary alicyclic amines) is 1. The van der Waals surface area contributed by atoms with Gasteiger partial charge in [-0.1, -0.05) is 48.9 Å². The lowest BCUT2D eigenvalue weighted by Crippen LogP contribution is -2.61. The van der Waals surface area contributed by atoms with E-state index in [0.717, 1.165) is 25.7 Å². The van der Waals surface area contributed by atoms with Gasteiger partial charge in [0.15, 0.2) is 0 Å². The van der Waals surface area contributed by atoms with Crippen molar-refractivity contribution in [2.75, 3.05) is 19.8 Å². The summed E-state index contributed by atoms with van der Waals surface area (Å²) in [7, 11) is 0. The minimum atomic E-state index is -0.795.